The zero-order chi connectivity index (χ0) is 14.8. The van der Waals surface area contributed by atoms with E-state index in [1.807, 2.05) is 51.1 Å². The molecule has 0 aromatic heterocycles. The number of carbonyl (C=O) groups excluding carboxylic acids is 1. The van der Waals surface area contributed by atoms with Crippen LogP contribution in [0.25, 0.3) is 0 Å². The maximum atomic E-state index is 12.3. The number of carbonyl (C=O) groups is 1. The van der Waals surface area contributed by atoms with E-state index in [0.29, 0.717) is 6.54 Å². The molecule has 20 heavy (non-hydrogen) atoms. The molecule has 0 saturated heterocycles. The lowest BCUT2D eigenvalue weighted by Gasteiger charge is -2.37. The monoisotopic (exact) mass is 274 g/mol. The van der Waals surface area contributed by atoms with Crippen LogP contribution < -0.4 is 9.80 Å². The predicted molar refractivity (Wildman–Crippen MR) is 82.4 cm³/mol. The summed E-state index contributed by atoms with van der Waals surface area (Å²) in [7, 11) is 0. The quantitative estimate of drug-likeness (QED) is 0.775. The number of nitrogens with zero attached hydrogens (tertiary/aromatic N) is 2. The van der Waals surface area contributed by atoms with Crippen LogP contribution in [0.1, 0.15) is 20.8 Å². The summed E-state index contributed by atoms with van der Waals surface area (Å²) < 4.78 is 5.48. The third-order valence-electron chi connectivity index (χ3n) is 3.07. The summed E-state index contributed by atoms with van der Waals surface area (Å²) >= 11 is 0. The first-order valence-corrected chi connectivity index (χ1v) is 6.88. The summed E-state index contributed by atoms with van der Waals surface area (Å²) in [5, 5.41) is 0. The van der Waals surface area contributed by atoms with Gasteiger partial charge in [0, 0.05) is 19.6 Å². The third kappa shape index (κ3) is 3.13. The molecule has 0 aliphatic carbocycles. The number of hydrogen-bond donors (Lipinski definition) is 0. The van der Waals surface area contributed by atoms with E-state index in [4.69, 9.17) is 4.74 Å². The molecule has 0 bridgehead atoms. The lowest BCUT2D eigenvalue weighted by molar-refractivity contribution is 0.0580. The van der Waals surface area contributed by atoms with Gasteiger partial charge in [-0.05, 0) is 32.9 Å². The second-order valence-electron chi connectivity index (χ2n) is 5.86. The number of benzene rings is 1. The Bertz CT molecular complexity index is 505. The van der Waals surface area contributed by atoms with Crippen LogP contribution in [0.15, 0.2) is 36.9 Å². The molecule has 1 aromatic carbocycles. The highest BCUT2D eigenvalue weighted by atomic mass is 16.6. The van der Waals surface area contributed by atoms with Gasteiger partial charge in [-0.1, -0.05) is 18.2 Å². The largest absolute Gasteiger partial charge is 0.443 e. The number of amides is 1. The van der Waals surface area contributed by atoms with E-state index in [-0.39, 0.29) is 6.09 Å². The maximum absolute atomic E-state index is 12.3. The Labute approximate surface area is 120 Å². The van der Waals surface area contributed by atoms with Gasteiger partial charge < -0.3 is 9.64 Å². The predicted octanol–water partition coefficient (Wildman–Crippen LogP) is 3.43. The molecule has 0 fully saturated rings. The molecule has 1 aliphatic rings. The van der Waals surface area contributed by atoms with Crippen LogP contribution in [0.4, 0.5) is 16.2 Å². The first kappa shape index (κ1) is 14.4. The van der Waals surface area contributed by atoms with Gasteiger partial charge in [0.05, 0.1) is 11.4 Å². The molecular weight excluding hydrogens is 252 g/mol. The van der Waals surface area contributed by atoms with Gasteiger partial charge in [-0.3, -0.25) is 4.90 Å². The number of ether oxygens (including phenoxy) is 1. The van der Waals surface area contributed by atoms with Crippen molar-refractivity contribution in [1.29, 1.82) is 0 Å². The second kappa shape index (κ2) is 5.57. The van der Waals surface area contributed by atoms with Gasteiger partial charge in [-0.25, -0.2) is 4.79 Å². The topological polar surface area (TPSA) is 32.8 Å². The minimum Gasteiger partial charge on any atom is -0.443 e. The smallest absolute Gasteiger partial charge is 0.414 e. The highest BCUT2D eigenvalue weighted by Crippen LogP contribution is 2.33. The molecule has 0 spiro atoms. The number of fused-ring (bicyclic) bond motifs is 1. The normalized spacial score (nSPS) is 14.8. The molecular formula is C16H22N2O2. The van der Waals surface area contributed by atoms with Gasteiger partial charge in [0.25, 0.3) is 0 Å². The van der Waals surface area contributed by atoms with Gasteiger partial charge in [0.2, 0.25) is 0 Å². The van der Waals surface area contributed by atoms with Crippen molar-refractivity contribution in [2.45, 2.75) is 26.4 Å². The Morgan fingerprint density at radius 1 is 1.30 bits per heavy atom. The summed E-state index contributed by atoms with van der Waals surface area (Å²) in [6.07, 6.45) is 1.59. The molecule has 2 rings (SSSR count). The van der Waals surface area contributed by atoms with Gasteiger partial charge in [-0.2, -0.15) is 0 Å². The molecule has 0 atom stereocenters. The average Bonchev–Trinajstić information content (AvgIpc) is 2.37. The Morgan fingerprint density at radius 2 is 1.95 bits per heavy atom. The van der Waals surface area contributed by atoms with Crippen molar-refractivity contribution in [1.82, 2.24) is 0 Å². The molecule has 0 radical (unpaired) electrons. The number of rotatable bonds is 2. The van der Waals surface area contributed by atoms with Gasteiger partial charge in [0.1, 0.15) is 5.60 Å². The fourth-order valence-corrected chi connectivity index (χ4v) is 2.27. The molecule has 1 amide bonds. The minimum absolute atomic E-state index is 0.289. The number of para-hydroxylation sites is 2. The van der Waals surface area contributed by atoms with Crippen molar-refractivity contribution >= 4 is 17.5 Å². The van der Waals surface area contributed by atoms with Crippen LogP contribution in [0.3, 0.4) is 0 Å². The van der Waals surface area contributed by atoms with Gasteiger partial charge in [0.15, 0.2) is 0 Å². The molecule has 4 nitrogen and oxygen atoms in total. The van der Waals surface area contributed by atoms with Crippen LogP contribution >= 0.6 is 0 Å². The second-order valence-corrected chi connectivity index (χ2v) is 5.86. The van der Waals surface area contributed by atoms with Crippen LogP contribution in [-0.2, 0) is 4.74 Å². The van der Waals surface area contributed by atoms with Crippen molar-refractivity contribution in [3.8, 4) is 0 Å². The fourth-order valence-electron chi connectivity index (χ4n) is 2.27. The number of hydrogen-bond acceptors (Lipinski definition) is 3. The molecule has 0 N–H and O–H groups in total. The Kier molecular flexibility index (Phi) is 4.02. The molecule has 108 valence electrons. The van der Waals surface area contributed by atoms with Crippen LogP contribution in [0.5, 0.6) is 0 Å². The van der Waals surface area contributed by atoms with Crippen LogP contribution in [-0.4, -0.2) is 31.3 Å². The summed E-state index contributed by atoms with van der Waals surface area (Å²) in [4.78, 5) is 16.2. The standard InChI is InChI=1S/C16H22N2O2/c1-5-10-17-11-12-18(15(19)20-16(2,3)4)14-9-7-6-8-13(14)17/h5-9H,1,10-12H2,2-4H3. The van der Waals surface area contributed by atoms with Crippen LogP contribution in [0.2, 0.25) is 0 Å². The van der Waals surface area contributed by atoms with Crippen LogP contribution in [0, 0.1) is 0 Å². The molecule has 1 heterocycles. The summed E-state index contributed by atoms with van der Waals surface area (Å²) in [6, 6.07) is 7.89. The van der Waals surface area contributed by atoms with Crippen molar-refractivity contribution in [3.63, 3.8) is 0 Å². The maximum Gasteiger partial charge on any atom is 0.414 e. The van der Waals surface area contributed by atoms with E-state index in [1.165, 1.54) is 0 Å². The first-order chi connectivity index (χ1) is 9.42. The molecule has 1 aromatic rings. The van der Waals surface area contributed by atoms with Crippen molar-refractivity contribution in [2.24, 2.45) is 0 Å². The lowest BCUT2D eigenvalue weighted by Crippen LogP contribution is -2.46. The highest BCUT2D eigenvalue weighted by Gasteiger charge is 2.29. The highest BCUT2D eigenvalue weighted by molar-refractivity contribution is 5.93. The Morgan fingerprint density at radius 3 is 2.55 bits per heavy atom. The third-order valence-corrected chi connectivity index (χ3v) is 3.07. The number of anilines is 2. The van der Waals surface area contributed by atoms with E-state index in [2.05, 4.69) is 11.5 Å². The molecule has 1 aliphatic heterocycles. The summed E-state index contributed by atoms with van der Waals surface area (Å²) in [6.45, 7) is 11.6. The van der Waals surface area contributed by atoms with Gasteiger partial charge in [-0.15, -0.1) is 6.58 Å². The molecule has 0 unspecified atom stereocenters. The van der Waals surface area contributed by atoms with Crippen molar-refractivity contribution < 1.29 is 9.53 Å². The van der Waals surface area contributed by atoms with Gasteiger partial charge >= 0.3 is 6.09 Å². The van der Waals surface area contributed by atoms with Crippen molar-refractivity contribution in [3.05, 3.63) is 36.9 Å². The lowest BCUT2D eigenvalue weighted by atomic mass is 10.1. The molecule has 4 heteroatoms. The van der Waals surface area contributed by atoms with E-state index >= 15 is 0 Å². The summed E-state index contributed by atoms with van der Waals surface area (Å²) in [5.41, 5.74) is 1.46. The van der Waals surface area contributed by atoms with Crippen molar-refractivity contribution in [2.75, 3.05) is 29.4 Å². The van der Waals surface area contributed by atoms with E-state index in [9.17, 15) is 4.79 Å². The average molecular weight is 274 g/mol. The summed E-state index contributed by atoms with van der Waals surface area (Å²) in [5.74, 6) is 0. The Hall–Kier alpha value is -1.97. The minimum atomic E-state index is -0.482. The van der Waals surface area contributed by atoms with E-state index in [0.717, 1.165) is 24.5 Å². The zero-order valence-corrected chi connectivity index (χ0v) is 12.4. The van der Waals surface area contributed by atoms with E-state index < -0.39 is 5.60 Å². The first-order valence-electron chi connectivity index (χ1n) is 6.88. The fraction of sp³-hybridized carbons (Fsp3) is 0.438. The molecule has 0 saturated carbocycles. The SMILES string of the molecule is C=CCN1CCN(C(=O)OC(C)(C)C)c2ccccc21. The zero-order valence-electron chi connectivity index (χ0n) is 12.4. The Balaban J connectivity index is 2.27. The van der Waals surface area contributed by atoms with E-state index in [1.54, 1.807) is 4.90 Å².